The quantitative estimate of drug-likeness (QED) is 0.718. The van der Waals surface area contributed by atoms with Gasteiger partial charge in [-0.15, -0.1) is 0 Å². The zero-order valence-electron chi connectivity index (χ0n) is 15.5. The van der Waals surface area contributed by atoms with Gasteiger partial charge in [-0.2, -0.15) is 0 Å². The van der Waals surface area contributed by atoms with Crippen molar-refractivity contribution in [2.45, 2.75) is 25.6 Å². The molecule has 0 radical (unpaired) electrons. The van der Waals surface area contributed by atoms with Crippen LogP contribution < -0.4 is 5.32 Å². The maximum Gasteiger partial charge on any atom is 0.246 e. The molecule has 0 aliphatic carbocycles. The Balaban J connectivity index is 1.42. The van der Waals surface area contributed by atoms with Crippen molar-refractivity contribution in [2.24, 2.45) is 0 Å². The van der Waals surface area contributed by atoms with Crippen LogP contribution in [0.3, 0.4) is 0 Å². The monoisotopic (exact) mass is 374 g/mol. The van der Waals surface area contributed by atoms with Crippen LogP contribution in [-0.4, -0.2) is 38.9 Å². The predicted molar refractivity (Wildman–Crippen MR) is 105 cm³/mol. The van der Waals surface area contributed by atoms with E-state index < -0.39 is 6.04 Å². The molecule has 0 spiro atoms. The minimum atomic E-state index is -0.579. The van der Waals surface area contributed by atoms with Gasteiger partial charge in [0.05, 0.1) is 18.6 Å². The molecule has 0 unspecified atom stereocenters. The third kappa shape index (κ3) is 4.28. The van der Waals surface area contributed by atoms with Crippen molar-refractivity contribution in [1.29, 1.82) is 0 Å². The van der Waals surface area contributed by atoms with E-state index in [1.54, 1.807) is 11.2 Å². The van der Waals surface area contributed by atoms with Gasteiger partial charge in [0.1, 0.15) is 6.04 Å². The van der Waals surface area contributed by atoms with Crippen LogP contribution in [0.5, 0.6) is 0 Å². The first kappa shape index (κ1) is 18.0. The molecule has 2 amide bonds. The van der Waals surface area contributed by atoms with Crippen LogP contribution in [0.15, 0.2) is 73.2 Å². The number of imidazole rings is 1. The number of aromatic nitrogens is 2. The molecule has 1 aliphatic heterocycles. The van der Waals surface area contributed by atoms with Gasteiger partial charge in [-0.25, -0.2) is 4.98 Å². The van der Waals surface area contributed by atoms with E-state index in [1.165, 1.54) is 5.56 Å². The van der Waals surface area contributed by atoms with Crippen LogP contribution in [0.2, 0.25) is 0 Å². The van der Waals surface area contributed by atoms with Crippen LogP contribution in [0, 0.1) is 0 Å². The van der Waals surface area contributed by atoms with Gasteiger partial charge in [-0.1, -0.05) is 60.7 Å². The Hall–Kier alpha value is -3.41. The number of amides is 2. The lowest BCUT2D eigenvalue weighted by molar-refractivity contribution is -0.144. The molecular formula is C22H22N4O2. The van der Waals surface area contributed by atoms with Gasteiger partial charge < -0.3 is 14.8 Å². The molecule has 6 heteroatoms. The Morgan fingerprint density at radius 1 is 0.929 bits per heavy atom. The van der Waals surface area contributed by atoms with Gasteiger partial charge in [-0.05, 0) is 11.1 Å². The Morgan fingerprint density at radius 3 is 2.25 bits per heavy atom. The van der Waals surface area contributed by atoms with Gasteiger partial charge in [0, 0.05) is 25.7 Å². The molecule has 1 N–H and O–H groups in total. The van der Waals surface area contributed by atoms with Gasteiger partial charge in [0.25, 0.3) is 0 Å². The van der Waals surface area contributed by atoms with E-state index in [0.29, 0.717) is 13.0 Å². The predicted octanol–water partition coefficient (Wildman–Crippen LogP) is 2.00. The van der Waals surface area contributed by atoms with E-state index in [9.17, 15) is 9.59 Å². The first-order chi connectivity index (χ1) is 13.7. The number of carbonyl (C=O) groups is 2. The number of nitrogens with one attached hydrogen (secondary N) is 1. The van der Waals surface area contributed by atoms with Crippen LogP contribution >= 0.6 is 0 Å². The third-order valence-corrected chi connectivity index (χ3v) is 4.80. The van der Waals surface area contributed by atoms with Crippen molar-refractivity contribution in [3.05, 3.63) is 90.0 Å². The average Bonchev–Trinajstić information content (AvgIpc) is 3.14. The number of piperazine rings is 1. The molecule has 2 heterocycles. The van der Waals surface area contributed by atoms with Crippen molar-refractivity contribution >= 4 is 11.8 Å². The molecule has 1 aliphatic rings. The summed E-state index contributed by atoms with van der Waals surface area (Å²) >= 11 is 0. The van der Waals surface area contributed by atoms with Crippen molar-refractivity contribution in [2.75, 3.05) is 6.54 Å². The molecule has 4 rings (SSSR count). The molecular weight excluding hydrogens is 352 g/mol. The number of carbonyl (C=O) groups excluding carboxylic acids is 2. The maximum atomic E-state index is 12.9. The van der Waals surface area contributed by atoms with Gasteiger partial charge >= 0.3 is 0 Å². The molecule has 1 aromatic heterocycles. The highest BCUT2D eigenvalue weighted by Gasteiger charge is 2.33. The molecule has 28 heavy (non-hydrogen) atoms. The highest BCUT2D eigenvalue weighted by molar-refractivity contribution is 5.94. The fraction of sp³-hybridized carbons (Fsp3) is 0.227. The minimum absolute atomic E-state index is 0.0685. The topological polar surface area (TPSA) is 67.2 Å². The smallest absolute Gasteiger partial charge is 0.246 e. The summed E-state index contributed by atoms with van der Waals surface area (Å²) in [5.74, 6) is -0.203. The number of nitrogens with zero attached hydrogens (tertiary/aromatic N) is 3. The highest BCUT2D eigenvalue weighted by Crippen LogP contribution is 2.13. The number of hydrogen-bond donors (Lipinski definition) is 1. The van der Waals surface area contributed by atoms with Gasteiger partial charge in [0.15, 0.2) is 0 Å². The SMILES string of the molecule is O=C1CN(Cc2ccccc2)C(=O)[C@H](Cc2cn(Cc3ccccc3)cn2)N1. The standard InChI is InChI=1S/C22H22N4O2/c27-21-15-26(13-18-9-5-2-6-10-18)22(28)20(24-21)11-19-14-25(16-23-19)12-17-7-3-1-4-8-17/h1-10,14,16,20H,11-13,15H2,(H,24,27)/t20-/m0/s1. The van der Waals surface area contributed by atoms with Crippen LogP contribution in [-0.2, 0) is 29.1 Å². The highest BCUT2D eigenvalue weighted by atomic mass is 16.2. The summed E-state index contributed by atoms with van der Waals surface area (Å²) in [5, 5.41) is 2.81. The van der Waals surface area contributed by atoms with Crippen LogP contribution in [0.25, 0.3) is 0 Å². The van der Waals surface area contributed by atoms with E-state index >= 15 is 0 Å². The normalized spacial score (nSPS) is 16.9. The second kappa shape index (κ2) is 8.08. The second-order valence-corrected chi connectivity index (χ2v) is 7.03. The molecule has 142 valence electrons. The lowest BCUT2D eigenvalue weighted by Gasteiger charge is -2.32. The molecule has 1 atom stereocenters. The Kier molecular flexibility index (Phi) is 5.19. The van der Waals surface area contributed by atoms with Crippen molar-refractivity contribution in [3.8, 4) is 0 Å². The van der Waals surface area contributed by atoms with Crippen molar-refractivity contribution < 1.29 is 9.59 Å². The fourth-order valence-electron chi connectivity index (χ4n) is 3.45. The van der Waals surface area contributed by atoms with Crippen LogP contribution in [0.1, 0.15) is 16.8 Å². The summed E-state index contributed by atoms with van der Waals surface area (Å²) < 4.78 is 1.99. The fourth-order valence-corrected chi connectivity index (χ4v) is 3.45. The molecule has 0 saturated carbocycles. The number of hydrogen-bond acceptors (Lipinski definition) is 3. The lowest BCUT2D eigenvalue weighted by atomic mass is 10.1. The van der Waals surface area contributed by atoms with E-state index in [-0.39, 0.29) is 18.4 Å². The molecule has 3 aromatic rings. The zero-order valence-corrected chi connectivity index (χ0v) is 15.5. The van der Waals surface area contributed by atoms with E-state index in [4.69, 9.17) is 0 Å². The third-order valence-electron chi connectivity index (χ3n) is 4.80. The van der Waals surface area contributed by atoms with Crippen molar-refractivity contribution in [3.63, 3.8) is 0 Å². The van der Waals surface area contributed by atoms with Gasteiger partial charge in [-0.3, -0.25) is 9.59 Å². The Morgan fingerprint density at radius 2 is 1.57 bits per heavy atom. The maximum absolute atomic E-state index is 12.9. The zero-order chi connectivity index (χ0) is 19.3. The second-order valence-electron chi connectivity index (χ2n) is 7.03. The average molecular weight is 374 g/mol. The molecule has 0 bridgehead atoms. The number of rotatable bonds is 6. The number of benzene rings is 2. The first-order valence-corrected chi connectivity index (χ1v) is 9.34. The summed E-state index contributed by atoms with van der Waals surface area (Å²) in [5.41, 5.74) is 2.98. The van der Waals surface area contributed by atoms with E-state index in [2.05, 4.69) is 22.4 Å². The lowest BCUT2D eigenvalue weighted by Crippen LogP contribution is -2.58. The Labute approximate surface area is 163 Å². The van der Waals surface area contributed by atoms with Crippen molar-refractivity contribution in [1.82, 2.24) is 19.8 Å². The molecule has 1 fully saturated rings. The van der Waals surface area contributed by atoms with E-state index in [0.717, 1.165) is 17.8 Å². The molecule has 2 aromatic carbocycles. The summed E-state index contributed by atoms with van der Waals surface area (Å²) in [7, 11) is 0. The molecule has 6 nitrogen and oxygen atoms in total. The summed E-state index contributed by atoms with van der Waals surface area (Å²) in [6.07, 6.45) is 4.08. The van der Waals surface area contributed by atoms with E-state index in [1.807, 2.05) is 59.3 Å². The van der Waals surface area contributed by atoms with Gasteiger partial charge in [0.2, 0.25) is 11.8 Å². The molecule has 1 saturated heterocycles. The summed E-state index contributed by atoms with van der Waals surface area (Å²) in [6, 6.07) is 19.3. The summed E-state index contributed by atoms with van der Waals surface area (Å²) in [4.78, 5) is 31.0. The van der Waals surface area contributed by atoms with Crippen LogP contribution in [0.4, 0.5) is 0 Å². The Bertz CT molecular complexity index is 953. The first-order valence-electron chi connectivity index (χ1n) is 9.34. The summed E-state index contributed by atoms with van der Waals surface area (Å²) in [6.45, 7) is 1.25. The minimum Gasteiger partial charge on any atom is -0.342 e. The largest absolute Gasteiger partial charge is 0.342 e.